The Balaban J connectivity index is 1.07. The largest absolute Gasteiger partial charge is 0.497 e. The van der Waals surface area contributed by atoms with Crippen molar-refractivity contribution in [3.63, 3.8) is 0 Å². The maximum Gasteiger partial charge on any atom is 0.411 e. The Morgan fingerprint density at radius 3 is 2.86 bits per heavy atom. The van der Waals surface area contributed by atoms with Crippen molar-refractivity contribution in [1.29, 1.82) is 0 Å². The van der Waals surface area contributed by atoms with Crippen LogP contribution in [-0.2, 0) is 16.0 Å². The van der Waals surface area contributed by atoms with Gasteiger partial charge in [-0.2, -0.15) is 0 Å². The number of rotatable bonds is 6. The molecule has 2 aromatic rings. The molecule has 4 aliphatic rings. The van der Waals surface area contributed by atoms with E-state index in [4.69, 9.17) is 18.9 Å². The summed E-state index contributed by atoms with van der Waals surface area (Å²) in [5.74, 6) is 4.45. The first-order chi connectivity index (χ1) is 18.0. The van der Waals surface area contributed by atoms with E-state index in [2.05, 4.69) is 30.4 Å². The number of Topliss-reactive ketones (excluding diaryl/α,β-unsaturated/α-hetero) is 1. The van der Waals surface area contributed by atoms with E-state index in [1.165, 1.54) is 11.1 Å². The van der Waals surface area contributed by atoms with Crippen molar-refractivity contribution in [2.45, 2.75) is 57.8 Å². The van der Waals surface area contributed by atoms with Crippen LogP contribution in [0.25, 0.3) is 0 Å². The van der Waals surface area contributed by atoms with E-state index >= 15 is 0 Å². The van der Waals surface area contributed by atoms with Gasteiger partial charge in [0.2, 0.25) is 6.79 Å². The van der Waals surface area contributed by atoms with Gasteiger partial charge >= 0.3 is 6.09 Å². The molecule has 2 saturated carbocycles. The number of ether oxygens (including phenoxy) is 4. The Labute approximate surface area is 217 Å². The molecule has 1 aliphatic heterocycles. The summed E-state index contributed by atoms with van der Waals surface area (Å²) in [6.45, 7) is 2.74. The lowest BCUT2D eigenvalue weighted by atomic mass is 9.54. The Bertz CT molecular complexity index is 1210. The monoisotopic (exact) mass is 505 g/mol. The van der Waals surface area contributed by atoms with Crippen LogP contribution in [0.4, 0.5) is 10.5 Å². The van der Waals surface area contributed by atoms with Crippen molar-refractivity contribution < 1.29 is 28.5 Å². The molecule has 0 aromatic heterocycles. The van der Waals surface area contributed by atoms with E-state index in [1.807, 2.05) is 0 Å². The lowest BCUT2D eigenvalue weighted by Gasteiger charge is -2.50. The summed E-state index contributed by atoms with van der Waals surface area (Å²) in [5, 5.41) is 2.75. The maximum atomic E-state index is 13.2. The molecule has 3 aliphatic carbocycles. The molecule has 1 heterocycles. The number of anilines is 1. The minimum atomic E-state index is -0.483. The van der Waals surface area contributed by atoms with Crippen molar-refractivity contribution in [2.24, 2.45) is 23.2 Å². The second kappa shape index (κ2) is 9.58. The number of amides is 1. The highest BCUT2D eigenvalue weighted by atomic mass is 16.7. The van der Waals surface area contributed by atoms with Gasteiger partial charge in [-0.25, -0.2) is 4.79 Å². The molecule has 7 heteroatoms. The molecule has 2 fully saturated rings. The fraction of sp³-hybridized carbons (Fsp3) is 0.533. The minimum Gasteiger partial charge on any atom is -0.497 e. The van der Waals surface area contributed by atoms with Gasteiger partial charge in [-0.3, -0.25) is 10.1 Å². The summed E-state index contributed by atoms with van der Waals surface area (Å²) < 4.78 is 21.6. The Kier molecular flexibility index (Phi) is 6.25. The molecule has 2 aromatic carbocycles. The summed E-state index contributed by atoms with van der Waals surface area (Å²) in [6, 6.07) is 11.8. The second-order valence-corrected chi connectivity index (χ2v) is 11.2. The van der Waals surface area contributed by atoms with Crippen molar-refractivity contribution in [1.82, 2.24) is 0 Å². The van der Waals surface area contributed by atoms with E-state index in [0.717, 1.165) is 44.3 Å². The van der Waals surface area contributed by atoms with Crippen LogP contribution in [0, 0.1) is 23.2 Å². The molecule has 3 unspecified atom stereocenters. The molecular formula is C30H35NO6. The number of methoxy groups -OCH3 is 1. The number of ketones is 1. The molecule has 7 nitrogen and oxygen atoms in total. The zero-order valence-corrected chi connectivity index (χ0v) is 21.6. The third kappa shape index (κ3) is 4.32. The number of nitrogens with one attached hydrogen (secondary N) is 1. The fourth-order valence-corrected chi connectivity index (χ4v) is 7.65. The number of aryl methyl sites for hydroxylation is 1. The first-order valence-corrected chi connectivity index (χ1v) is 13.5. The van der Waals surface area contributed by atoms with Crippen molar-refractivity contribution >= 4 is 17.6 Å². The Morgan fingerprint density at radius 2 is 2.00 bits per heavy atom. The Morgan fingerprint density at radius 1 is 1.14 bits per heavy atom. The highest BCUT2D eigenvalue weighted by Gasteiger charge is 2.58. The number of hydrogen-bond donors (Lipinski definition) is 1. The summed E-state index contributed by atoms with van der Waals surface area (Å²) >= 11 is 0. The van der Waals surface area contributed by atoms with Crippen molar-refractivity contribution in [3.05, 3.63) is 47.5 Å². The first-order valence-electron chi connectivity index (χ1n) is 13.5. The lowest BCUT2D eigenvalue weighted by molar-refractivity contribution is -0.129. The number of fused-ring (bicyclic) bond motifs is 6. The predicted octanol–water partition coefficient (Wildman–Crippen LogP) is 6.10. The molecule has 196 valence electrons. The summed E-state index contributed by atoms with van der Waals surface area (Å²) in [4.78, 5) is 25.6. The molecule has 1 amide bonds. The summed E-state index contributed by atoms with van der Waals surface area (Å²) in [7, 11) is 1.72. The van der Waals surface area contributed by atoms with E-state index in [-0.39, 0.29) is 12.2 Å². The van der Waals surface area contributed by atoms with Crippen molar-refractivity contribution in [3.8, 4) is 17.2 Å². The third-order valence-corrected chi connectivity index (χ3v) is 9.35. The van der Waals surface area contributed by atoms with Gasteiger partial charge in [0.25, 0.3) is 0 Å². The van der Waals surface area contributed by atoms with Crippen LogP contribution in [0.2, 0.25) is 0 Å². The van der Waals surface area contributed by atoms with Gasteiger partial charge in [0.1, 0.15) is 11.5 Å². The predicted molar refractivity (Wildman–Crippen MR) is 138 cm³/mol. The van der Waals surface area contributed by atoms with E-state index in [0.29, 0.717) is 59.7 Å². The molecule has 6 rings (SSSR count). The molecule has 0 saturated heterocycles. The van der Waals surface area contributed by atoms with E-state index in [9.17, 15) is 9.59 Å². The number of carbonyl (C=O) groups is 2. The van der Waals surface area contributed by atoms with Crippen LogP contribution >= 0.6 is 0 Å². The summed E-state index contributed by atoms with van der Waals surface area (Å²) in [5.41, 5.74) is 3.26. The van der Waals surface area contributed by atoms with Gasteiger partial charge in [0.15, 0.2) is 11.5 Å². The Hall–Kier alpha value is -3.22. The summed E-state index contributed by atoms with van der Waals surface area (Å²) in [6.07, 6.45) is 6.05. The number of carbonyl (C=O) groups excluding carboxylic acids is 2. The van der Waals surface area contributed by atoms with Gasteiger partial charge in [0.05, 0.1) is 13.7 Å². The average molecular weight is 506 g/mol. The van der Waals surface area contributed by atoms with Gasteiger partial charge in [-0.15, -0.1) is 0 Å². The van der Waals surface area contributed by atoms with Crippen LogP contribution in [0.3, 0.4) is 0 Å². The molecule has 37 heavy (non-hydrogen) atoms. The van der Waals surface area contributed by atoms with Gasteiger partial charge in [-0.05, 0) is 97.6 Å². The second-order valence-electron chi connectivity index (χ2n) is 11.2. The molecule has 1 N–H and O–H groups in total. The van der Waals surface area contributed by atoms with E-state index in [1.54, 1.807) is 25.3 Å². The van der Waals surface area contributed by atoms with E-state index < -0.39 is 6.09 Å². The van der Waals surface area contributed by atoms with Gasteiger partial charge in [-0.1, -0.05) is 13.0 Å². The topological polar surface area (TPSA) is 83.1 Å². The first kappa shape index (κ1) is 24.1. The zero-order valence-electron chi connectivity index (χ0n) is 21.6. The highest BCUT2D eigenvalue weighted by Crippen LogP contribution is 2.62. The lowest BCUT2D eigenvalue weighted by Crippen LogP contribution is -2.44. The van der Waals surface area contributed by atoms with Crippen LogP contribution < -0.4 is 19.5 Å². The van der Waals surface area contributed by atoms with Gasteiger partial charge in [0, 0.05) is 23.6 Å². The molecule has 0 radical (unpaired) electrons. The quantitative estimate of drug-likeness (QED) is 0.478. The van der Waals surface area contributed by atoms with Gasteiger partial charge < -0.3 is 18.9 Å². The highest BCUT2D eigenvalue weighted by molar-refractivity contribution is 5.88. The van der Waals surface area contributed by atoms with Crippen LogP contribution in [0.5, 0.6) is 17.2 Å². The minimum absolute atomic E-state index is 0.190. The SMILES string of the molecule is COc1ccc2c(c1)CCC1C2CC[C@]2(C)C(=O)C[C@@H](CCCOC(=O)Nc3ccc4c(c3)OCO4)C12. The smallest absolute Gasteiger partial charge is 0.411 e. The maximum absolute atomic E-state index is 13.2. The van der Waals surface area contributed by atoms with Crippen LogP contribution in [0.1, 0.15) is 62.5 Å². The molecule has 0 bridgehead atoms. The van der Waals surface area contributed by atoms with Crippen LogP contribution in [0.15, 0.2) is 36.4 Å². The zero-order chi connectivity index (χ0) is 25.6. The van der Waals surface area contributed by atoms with Crippen molar-refractivity contribution in [2.75, 3.05) is 25.8 Å². The molecular weight excluding hydrogens is 470 g/mol. The normalized spacial score (nSPS) is 29.2. The fourth-order valence-electron chi connectivity index (χ4n) is 7.65. The standard InChI is InChI=1S/C30H35NO6/c1-30-12-11-23-22-9-7-21(34-2)14-18(22)5-8-24(23)28(30)19(15-27(30)32)4-3-13-35-29(33)31-20-6-10-25-26(16-20)37-17-36-25/h6-7,9-10,14,16,19,23-24,28H,3-5,8,11-13,15,17H2,1-2H3,(H,31,33)/t19-,23?,24?,28?,30-/m1/s1. The number of hydrogen-bond acceptors (Lipinski definition) is 6. The molecule has 0 spiro atoms. The average Bonchev–Trinajstić information content (AvgIpc) is 3.47. The molecule has 5 atom stereocenters. The number of benzene rings is 2. The third-order valence-electron chi connectivity index (χ3n) is 9.35. The van der Waals surface area contributed by atoms with Crippen LogP contribution in [-0.4, -0.2) is 32.4 Å².